The van der Waals surface area contributed by atoms with E-state index in [0.717, 1.165) is 39.1 Å². The topological polar surface area (TPSA) is 26.8 Å². The highest BCUT2D eigenvalue weighted by Gasteiger charge is 2.35. The normalized spacial score (nSPS) is 29.4. The number of carbonyl (C=O) groups excluding carboxylic acids is 1. The van der Waals surface area contributed by atoms with E-state index in [1.165, 1.54) is 0 Å². The quantitative estimate of drug-likeness (QED) is 0.674. The number of rotatable bonds is 2. The molecule has 92 valence electrons. The van der Waals surface area contributed by atoms with Gasteiger partial charge in [-0.15, -0.1) is 0 Å². The van der Waals surface area contributed by atoms with Crippen LogP contribution < -0.4 is 0 Å². The van der Waals surface area contributed by atoms with Crippen molar-refractivity contribution < 1.29 is 4.79 Å². The lowest BCUT2D eigenvalue weighted by Crippen LogP contribution is -2.53. The van der Waals surface area contributed by atoms with Crippen LogP contribution in [0.2, 0.25) is 0 Å². The van der Waals surface area contributed by atoms with Crippen LogP contribution in [-0.2, 0) is 4.79 Å². The van der Waals surface area contributed by atoms with Crippen LogP contribution in [0.3, 0.4) is 0 Å². The predicted octanol–water partition coefficient (Wildman–Crippen LogP) is 0.243. The molecule has 2 fully saturated rings. The molecule has 0 spiro atoms. The molecule has 1 amide bonds. The Morgan fingerprint density at radius 3 is 2.19 bits per heavy atom. The van der Waals surface area contributed by atoms with E-state index < -0.39 is 0 Å². The molecule has 0 aromatic carbocycles. The molecular weight excluding hydrogens is 202 g/mol. The van der Waals surface area contributed by atoms with E-state index in [4.69, 9.17) is 0 Å². The van der Waals surface area contributed by atoms with Crippen LogP contribution in [0.25, 0.3) is 0 Å². The lowest BCUT2D eigenvalue weighted by atomic mass is 10.1. The van der Waals surface area contributed by atoms with E-state index in [1.807, 2.05) is 11.9 Å². The van der Waals surface area contributed by atoms with Gasteiger partial charge >= 0.3 is 0 Å². The maximum absolute atomic E-state index is 11.9. The second kappa shape index (κ2) is 4.72. The van der Waals surface area contributed by atoms with Gasteiger partial charge in [-0.1, -0.05) is 0 Å². The zero-order valence-electron chi connectivity index (χ0n) is 10.6. The molecule has 16 heavy (non-hydrogen) atoms. The molecule has 2 heterocycles. The first kappa shape index (κ1) is 11.9. The number of hydrogen-bond acceptors (Lipinski definition) is 3. The first-order chi connectivity index (χ1) is 7.59. The zero-order chi connectivity index (χ0) is 11.7. The van der Waals surface area contributed by atoms with Gasteiger partial charge in [0.05, 0.1) is 6.04 Å². The van der Waals surface area contributed by atoms with Crippen molar-refractivity contribution >= 4 is 5.91 Å². The minimum atomic E-state index is 0.166. The van der Waals surface area contributed by atoms with Crippen LogP contribution >= 0.6 is 0 Å². The highest BCUT2D eigenvalue weighted by atomic mass is 16.2. The van der Waals surface area contributed by atoms with Crippen molar-refractivity contribution in [1.29, 1.82) is 0 Å². The summed E-state index contributed by atoms with van der Waals surface area (Å²) in [5, 5.41) is 0. The second-order valence-corrected chi connectivity index (χ2v) is 5.23. The number of likely N-dealkylation sites (N-methyl/N-ethyl adjacent to an activating group) is 1. The molecule has 1 unspecified atom stereocenters. The molecular formula is C12H23N3O. The summed E-state index contributed by atoms with van der Waals surface area (Å²) in [6, 6.07) is 0.795. The second-order valence-electron chi connectivity index (χ2n) is 5.23. The van der Waals surface area contributed by atoms with Crippen LogP contribution in [0.5, 0.6) is 0 Å². The van der Waals surface area contributed by atoms with Crippen molar-refractivity contribution in [2.24, 2.45) is 0 Å². The summed E-state index contributed by atoms with van der Waals surface area (Å²) in [5.74, 6) is 0.318. The molecule has 0 bridgehead atoms. The maximum atomic E-state index is 11.9. The van der Waals surface area contributed by atoms with Crippen molar-refractivity contribution in [2.45, 2.75) is 32.4 Å². The Bertz CT molecular complexity index is 259. The SMILES string of the molecule is CC(C)N1CCN(C2CCN(C)C2=O)CC1. The molecule has 0 saturated carbocycles. The third kappa shape index (κ3) is 2.23. The van der Waals surface area contributed by atoms with E-state index in [-0.39, 0.29) is 6.04 Å². The van der Waals surface area contributed by atoms with Gasteiger partial charge in [0, 0.05) is 45.8 Å². The van der Waals surface area contributed by atoms with Crippen molar-refractivity contribution in [3.05, 3.63) is 0 Å². The summed E-state index contributed by atoms with van der Waals surface area (Å²) in [6.07, 6.45) is 1.01. The van der Waals surface area contributed by atoms with E-state index in [1.54, 1.807) is 0 Å². The molecule has 2 aliphatic rings. The Morgan fingerprint density at radius 1 is 1.12 bits per heavy atom. The number of likely N-dealkylation sites (tertiary alicyclic amines) is 1. The number of amides is 1. The average molecular weight is 225 g/mol. The minimum absolute atomic E-state index is 0.166. The van der Waals surface area contributed by atoms with Crippen molar-refractivity contribution in [3.63, 3.8) is 0 Å². The van der Waals surface area contributed by atoms with Gasteiger partial charge < -0.3 is 4.90 Å². The number of hydrogen-bond donors (Lipinski definition) is 0. The molecule has 0 aromatic rings. The van der Waals surface area contributed by atoms with Crippen LogP contribution in [0.1, 0.15) is 20.3 Å². The monoisotopic (exact) mass is 225 g/mol. The van der Waals surface area contributed by atoms with E-state index >= 15 is 0 Å². The summed E-state index contributed by atoms with van der Waals surface area (Å²) in [4.78, 5) is 18.6. The summed E-state index contributed by atoms with van der Waals surface area (Å²) < 4.78 is 0. The largest absolute Gasteiger partial charge is 0.344 e. The van der Waals surface area contributed by atoms with Crippen LogP contribution in [0.15, 0.2) is 0 Å². The summed E-state index contributed by atoms with van der Waals surface area (Å²) in [7, 11) is 1.91. The van der Waals surface area contributed by atoms with Crippen LogP contribution in [0.4, 0.5) is 0 Å². The molecule has 0 radical (unpaired) electrons. The summed E-state index contributed by atoms with van der Waals surface area (Å²) in [6.45, 7) is 9.70. The molecule has 4 nitrogen and oxygen atoms in total. The minimum Gasteiger partial charge on any atom is -0.344 e. The summed E-state index contributed by atoms with van der Waals surface area (Å²) >= 11 is 0. The molecule has 4 heteroatoms. The van der Waals surface area contributed by atoms with Crippen molar-refractivity contribution in [1.82, 2.24) is 14.7 Å². The maximum Gasteiger partial charge on any atom is 0.239 e. The molecule has 2 aliphatic heterocycles. The first-order valence-corrected chi connectivity index (χ1v) is 6.32. The molecule has 1 atom stereocenters. The number of carbonyl (C=O) groups is 1. The smallest absolute Gasteiger partial charge is 0.239 e. The van der Waals surface area contributed by atoms with E-state index in [2.05, 4.69) is 23.6 Å². The average Bonchev–Trinajstić information content (AvgIpc) is 2.60. The Balaban J connectivity index is 1.87. The Morgan fingerprint density at radius 2 is 1.75 bits per heavy atom. The fraction of sp³-hybridized carbons (Fsp3) is 0.917. The molecule has 0 aromatic heterocycles. The van der Waals surface area contributed by atoms with Gasteiger partial charge in [-0.25, -0.2) is 0 Å². The summed E-state index contributed by atoms with van der Waals surface area (Å²) in [5.41, 5.74) is 0. The lowest BCUT2D eigenvalue weighted by Gasteiger charge is -2.39. The lowest BCUT2D eigenvalue weighted by molar-refractivity contribution is -0.131. The van der Waals surface area contributed by atoms with Gasteiger partial charge in [0.15, 0.2) is 0 Å². The van der Waals surface area contributed by atoms with E-state index in [9.17, 15) is 4.79 Å². The Labute approximate surface area is 98.2 Å². The van der Waals surface area contributed by atoms with Gasteiger partial charge in [-0.2, -0.15) is 0 Å². The first-order valence-electron chi connectivity index (χ1n) is 6.32. The van der Waals surface area contributed by atoms with Gasteiger partial charge in [-0.3, -0.25) is 14.6 Å². The van der Waals surface area contributed by atoms with Gasteiger partial charge in [-0.05, 0) is 20.3 Å². The fourth-order valence-electron chi connectivity index (χ4n) is 2.71. The highest BCUT2D eigenvalue weighted by Crippen LogP contribution is 2.18. The van der Waals surface area contributed by atoms with Crippen molar-refractivity contribution in [2.75, 3.05) is 39.8 Å². The Kier molecular flexibility index (Phi) is 3.50. The van der Waals surface area contributed by atoms with Crippen LogP contribution in [0, 0.1) is 0 Å². The highest BCUT2D eigenvalue weighted by molar-refractivity contribution is 5.83. The third-order valence-electron chi connectivity index (χ3n) is 3.92. The predicted molar refractivity (Wildman–Crippen MR) is 64.3 cm³/mol. The molecule has 2 saturated heterocycles. The molecule has 0 aliphatic carbocycles. The zero-order valence-corrected chi connectivity index (χ0v) is 10.6. The van der Waals surface area contributed by atoms with Gasteiger partial charge in [0.2, 0.25) is 5.91 Å². The molecule has 0 N–H and O–H groups in total. The van der Waals surface area contributed by atoms with Crippen molar-refractivity contribution in [3.8, 4) is 0 Å². The fourth-order valence-corrected chi connectivity index (χ4v) is 2.71. The third-order valence-corrected chi connectivity index (χ3v) is 3.92. The van der Waals surface area contributed by atoms with Crippen LogP contribution in [-0.4, -0.2) is 72.5 Å². The number of nitrogens with zero attached hydrogens (tertiary/aromatic N) is 3. The van der Waals surface area contributed by atoms with Gasteiger partial charge in [0.1, 0.15) is 0 Å². The Hall–Kier alpha value is -0.610. The van der Waals surface area contributed by atoms with E-state index in [0.29, 0.717) is 11.9 Å². The number of piperazine rings is 1. The standard InChI is InChI=1S/C12H23N3O/c1-10(2)14-6-8-15(9-7-14)11-4-5-13(3)12(11)16/h10-11H,4-9H2,1-3H3. The molecule has 2 rings (SSSR count). The van der Waals surface area contributed by atoms with Gasteiger partial charge in [0.25, 0.3) is 0 Å².